The Morgan fingerprint density at radius 3 is 3.18 bits per heavy atom. The van der Waals surface area contributed by atoms with Crippen LogP contribution in [-0.4, -0.2) is 23.2 Å². The average Bonchev–Trinajstić information content (AvgIpc) is 2.32. The van der Waals surface area contributed by atoms with Crippen LogP contribution >= 0.6 is 0 Å². The van der Waals surface area contributed by atoms with Gasteiger partial charge in [-0.2, -0.15) is 0 Å². The van der Waals surface area contributed by atoms with E-state index in [-0.39, 0.29) is 6.04 Å². The molecule has 2 N–H and O–H groups in total. The van der Waals surface area contributed by atoms with Gasteiger partial charge in [0.25, 0.3) is 0 Å². The zero-order valence-electron chi connectivity index (χ0n) is 6.21. The summed E-state index contributed by atoms with van der Waals surface area (Å²) < 4.78 is 0. The number of carboxylic acid groups (broad SMARTS) is 1. The minimum Gasteiger partial charge on any atom is -0.478 e. The van der Waals surface area contributed by atoms with Crippen molar-refractivity contribution in [3.8, 4) is 0 Å². The van der Waals surface area contributed by atoms with Crippen LogP contribution in [-0.2, 0) is 4.79 Å². The number of hydrogen-bond acceptors (Lipinski definition) is 2. The lowest BCUT2D eigenvalue weighted by Gasteiger charge is -2.19. The van der Waals surface area contributed by atoms with E-state index in [1.54, 1.807) is 0 Å². The monoisotopic (exact) mass is 153 g/mol. The molecule has 2 aliphatic heterocycles. The molecule has 11 heavy (non-hydrogen) atoms. The Labute approximate surface area is 65.1 Å². The minimum atomic E-state index is -0.761. The first-order valence-electron chi connectivity index (χ1n) is 3.97. The SMILES string of the molecule is O=C(O)C1=CC[C@@H]2CC[C@H]1N2. The van der Waals surface area contributed by atoms with Gasteiger partial charge in [-0.1, -0.05) is 6.08 Å². The van der Waals surface area contributed by atoms with E-state index in [9.17, 15) is 4.79 Å². The maximum absolute atomic E-state index is 10.6. The van der Waals surface area contributed by atoms with Crippen LogP contribution in [0.3, 0.4) is 0 Å². The molecule has 0 aromatic heterocycles. The third-order valence-electron chi connectivity index (χ3n) is 2.49. The van der Waals surface area contributed by atoms with Gasteiger partial charge in [-0.25, -0.2) is 4.79 Å². The Morgan fingerprint density at radius 2 is 2.45 bits per heavy atom. The first-order chi connectivity index (χ1) is 5.27. The molecule has 0 aromatic carbocycles. The normalized spacial score (nSPS) is 35.1. The molecule has 60 valence electrons. The van der Waals surface area contributed by atoms with Crippen LogP contribution in [0.2, 0.25) is 0 Å². The summed E-state index contributed by atoms with van der Waals surface area (Å²) in [7, 11) is 0. The highest BCUT2D eigenvalue weighted by molar-refractivity contribution is 5.88. The summed E-state index contributed by atoms with van der Waals surface area (Å²) >= 11 is 0. The first kappa shape index (κ1) is 6.85. The zero-order valence-corrected chi connectivity index (χ0v) is 6.21. The highest BCUT2D eigenvalue weighted by Gasteiger charge is 2.32. The molecule has 2 bridgehead atoms. The van der Waals surface area contributed by atoms with Crippen LogP contribution in [0.15, 0.2) is 11.6 Å². The lowest BCUT2D eigenvalue weighted by Crippen LogP contribution is -2.36. The van der Waals surface area contributed by atoms with Crippen LogP contribution in [0.5, 0.6) is 0 Å². The predicted octanol–water partition coefficient (Wildman–Crippen LogP) is 0.522. The van der Waals surface area contributed by atoms with Gasteiger partial charge >= 0.3 is 5.97 Å². The van der Waals surface area contributed by atoms with Gasteiger partial charge in [0.05, 0.1) is 0 Å². The molecule has 0 aliphatic carbocycles. The fraction of sp³-hybridized carbons (Fsp3) is 0.625. The van der Waals surface area contributed by atoms with Gasteiger partial charge in [0, 0.05) is 17.7 Å². The van der Waals surface area contributed by atoms with Gasteiger partial charge in [0.2, 0.25) is 0 Å². The summed E-state index contributed by atoms with van der Waals surface area (Å²) in [5.74, 6) is -0.761. The van der Waals surface area contributed by atoms with Crippen LogP contribution < -0.4 is 5.32 Å². The van der Waals surface area contributed by atoms with Gasteiger partial charge in [0.1, 0.15) is 0 Å². The molecular weight excluding hydrogens is 142 g/mol. The van der Waals surface area contributed by atoms with E-state index < -0.39 is 5.97 Å². The minimum absolute atomic E-state index is 0.131. The van der Waals surface area contributed by atoms with Crippen LogP contribution in [0.4, 0.5) is 0 Å². The molecule has 3 heteroatoms. The highest BCUT2D eigenvalue weighted by Crippen LogP contribution is 2.26. The maximum Gasteiger partial charge on any atom is 0.332 e. The third kappa shape index (κ3) is 1.05. The molecule has 1 saturated heterocycles. The van der Waals surface area contributed by atoms with Crippen molar-refractivity contribution in [1.82, 2.24) is 5.32 Å². The largest absolute Gasteiger partial charge is 0.478 e. The summed E-state index contributed by atoms with van der Waals surface area (Å²) in [6, 6.07) is 0.675. The quantitative estimate of drug-likeness (QED) is 0.577. The standard InChI is InChI=1S/C8H11NO2/c10-8(11)6-3-1-5-2-4-7(6)9-5/h3,5,7,9H,1-2,4H2,(H,10,11)/t5-,7-/m1/s1. The molecule has 1 fully saturated rings. The van der Waals surface area contributed by atoms with Crippen molar-refractivity contribution in [2.75, 3.05) is 0 Å². The second-order valence-corrected chi connectivity index (χ2v) is 3.19. The Kier molecular flexibility index (Phi) is 1.46. The molecule has 0 amide bonds. The Bertz CT molecular complexity index is 222. The van der Waals surface area contributed by atoms with E-state index in [0.29, 0.717) is 11.6 Å². The number of hydrogen-bond donors (Lipinski definition) is 2. The number of carboxylic acids is 1. The van der Waals surface area contributed by atoms with Gasteiger partial charge in [-0.15, -0.1) is 0 Å². The van der Waals surface area contributed by atoms with Crippen LogP contribution in [0, 0.1) is 0 Å². The van der Waals surface area contributed by atoms with Crippen molar-refractivity contribution in [2.24, 2.45) is 0 Å². The Morgan fingerprint density at radius 1 is 1.64 bits per heavy atom. The van der Waals surface area contributed by atoms with E-state index >= 15 is 0 Å². The molecule has 2 rings (SSSR count). The van der Waals surface area contributed by atoms with Crippen LogP contribution in [0.25, 0.3) is 0 Å². The van der Waals surface area contributed by atoms with Gasteiger partial charge in [-0.3, -0.25) is 0 Å². The van der Waals surface area contributed by atoms with E-state index in [0.717, 1.165) is 19.3 Å². The highest BCUT2D eigenvalue weighted by atomic mass is 16.4. The number of rotatable bonds is 1. The topological polar surface area (TPSA) is 49.3 Å². The molecule has 0 radical (unpaired) electrons. The Balaban J connectivity index is 2.21. The van der Waals surface area contributed by atoms with E-state index in [1.807, 2.05) is 6.08 Å². The molecule has 2 heterocycles. The van der Waals surface area contributed by atoms with Crippen molar-refractivity contribution < 1.29 is 9.90 Å². The van der Waals surface area contributed by atoms with E-state index in [2.05, 4.69) is 5.32 Å². The fourth-order valence-corrected chi connectivity index (χ4v) is 1.90. The molecular formula is C8H11NO2. The van der Waals surface area contributed by atoms with Crippen molar-refractivity contribution in [1.29, 1.82) is 0 Å². The average molecular weight is 153 g/mol. The maximum atomic E-state index is 10.6. The van der Waals surface area contributed by atoms with E-state index in [4.69, 9.17) is 5.11 Å². The smallest absolute Gasteiger partial charge is 0.332 e. The van der Waals surface area contributed by atoms with E-state index in [1.165, 1.54) is 0 Å². The van der Waals surface area contributed by atoms with Crippen molar-refractivity contribution in [3.63, 3.8) is 0 Å². The molecule has 0 aromatic rings. The summed E-state index contributed by atoms with van der Waals surface area (Å²) in [6.07, 6.45) is 4.86. The summed E-state index contributed by atoms with van der Waals surface area (Å²) in [4.78, 5) is 10.6. The third-order valence-corrected chi connectivity index (χ3v) is 2.49. The zero-order chi connectivity index (χ0) is 7.84. The van der Waals surface area contributed by atoms with Gasteiger partial charge in [-0.05, 0) is 19.3 Å². The molecule has 2 aliphatic rings. The summed E-state index contributed by atoms with van der Waals surface area (Å²) in [6.45, 7) is 0. The molecule has 2 atom stereocenters. The predicted molar refractivity (Wildman–Crippen MR) is 40.3 cm³/mol. The van der Waals surface area contributed by atoms with Crippen molar-refractivity contribution in [3.05, 3.63) is 11.6 Å². The summed E-state index contributed by atoms with van der Waals surface area (Å²) in [5.41, 5.74) is 0.568. The molecule has 0 spiro atoms. The number of fused-ring (bicyclic) bond motifs is 2. The molecule has 3 nitrogen and oxygen atoms in total. The second-order valence-electron chi connectivity index (χ2n) is 3.19. The van der Waals surface area contributed by atoms with Gasteiger partial charge < -0.3 is 10.4 Å². The first-order valence-corrected chi connectivity index (χ1v) is 3.97. The number of nitrogens with one attached hydrogen (secondary N) is 1. The summed E-state index contributed by atoms with van der Waals surface area (Å²) in [5, 5.41) is 12.0. The lowest BCUT2D eigenvalue weighted by atomic mass is 10.0. The lowest BCUT2D eigenvalue weighted by molar-refractivity contribution is -0.133. The van der Waals surface area contributed by atoms with Crippen molar-refractivity contribution >= 4 is 5.97 Å². The fourth-order valence-electron chi connectivity index (χ4n) is 1.90. The second kappa shape index (κ2) is 2.34. The van der Waals surface area contributed by atoms with Crippen molar-refractivity contribution in [2.45, 2.75) is 31.3 Å². The number of aliphatic carboxylic acids is 1. The number of carbonyl (C=O) groups is 1. The Hall–Kier alpha value is -0.830. The van der Waals surface area contributed by atoms with Gasteiger partial charge in [0.15, 0.2) is 0 Å². The van der Waals surface area contributed by atoms with Crippen LogP contribution in [0.1, 0.15) is 19.3 Å². The molecule has 0 unspecified atom stereocenters. The molecule has 0 saturated carbocycles.